The molecule has 1 N–H and O–H groups in total. The SMILES string of the molecule is CN=C(NCc1nccc2ccccc12)N(C)CCc1cccs1.I. The lowest BCUT2D eigenvalue weighted by Crippen LogP contribution is -2.39. The number of rotatable bonds is 5. The van der Waals surface area contributed by atoms with Gasteiger partial charge in [0, 0.05) is 37.1 Å². The van der Waals surface area contributed by atoms with Crippen LogP contribution in [-0.2, 0) is 13.0 Å². The Bertz CT molecular complexity index is 812. The van der Waals surface area contributed by atoms with E-state index >= 15 is 0 Å². The lowest BCUT2D eigenvalue weighted by atomic mass is 10.1. The summed E-state index contributed by atoms with van der Waals surface area (Å²) in [5, 5.41) is 7.94. The van der Waals surface area contributed by atoms with Crippen LogP contribution in [0.25, 0.3) is 10.8 Å². The molecule has 4 nitrogen and oxygen atoms in total. The number of likely N-dealkylation sites (N-methyl/N-ethyl adjacent to an activating group) is 1. The number of nitrogens with zero attached hydrogens (tertiary/aromatic N) is 3. The summed E-state index contributed by atoms with van der Waals surface area (Å²) in [6, 6.07) is 14.6. The van der Waals surface area contributed by atoms with Crippen molar-refractivity contribution in [2.75, 3.05) is 20.6 Å². The van der Waals surface area contributed by atoms with Crippen molar-refractivity contribution in [2.24, 2.45) is 4.99 Å². The number of fused-ring (bicyclic) bond motifs is 1. The molecule has 0 aliphatic carbocycles. The molecule has 0 unspecified atom stereocenters. The summed E-state index contributed by atoms with van der Waals surface area (Å²) >= 11 is 1.80. The Morgan fingerprint density at radius 3 is 2.80 bits per heavy atom. The number of aliphatic imine (C=N–C) groups is 1. The van der Waals surface area contributed by atoms with Crippen molar-refractivity contribution in [2.45, 2.75) is 13.0 Å². The molecular weight excluding hydrogens is 443 g/mol. The largest absolute Gasteiger partial charge is 0.351 e. The van der Waals surface area contributed by atoms with Crippen LogP contribution >= 0.6 is 35.3 Å². The van der Waals surface area contributed by atoms with Crippen molar-refractivity contribution in [3.05, 3.63) is 64.6 Å². The molecule has 25 heavy (non-hydrogen) atoms. The number of hydrogen-bond acceptors (Lipinski definition) is 3. The molecule has 0 bridgehead atoms. The molecule has 0 aliphatic rings. The summed E-state index contributed by atoms with van der Waals surface area (Å²) in [5.74, 6) is 0.890. The highest BCUT2D eigenvalue weighted by Gasteiger charge is 2.08. The molecule has 6 heteroatoms. The van der Waals surface area contributed by atoms with Gasteiger partial charge >= 0.3 is 0 Å². The quantitative estimate of drug-likeness (QED) is 0.349. The van der Waals surface area contributed by atoms with E-state index in [4.69, 9.17) is 0 Å². The van der Waals surface area contributed by atoms with E-state index in [2.05, 4.69) is 69.0 Å². The standard InChI is InChI=1S/C19H22N4S.HI/c1-20-19(23(2)12-10-16-7-5-13-24-16)22-14-18-17-8-4-3-6-15(17)9-11-21-18;/h3-9,11,13H,10,12,14H2,1-2H3,(H,20,22);1H. The first-order valence-electron chi connectivity index (χ1n) is 8.04. The molecule has 0 spiro atoms. The first kappa shape index (κ1) is 19.7. The van der Waals surface area contributed by atoms with Gasteiger partial charge < -0.3 is 10.2 Å². The number of pyridine rings is 1. The molecule has 0 saturated heterocycles. The second-order valence-electron chi connectivity index (χ2n) is 5.63. The number of halogens is 1. The summed E-state index contributed by atoms with van der Waals surface area (Å²) in [5.41, 5.74) is 1.04. The zero-order valence-corrected chi connectivity index (χ0v) is 17.6. The van der Waals surface area contributed by atoms with Crippen molar-refractivity contribution in [3.8, 4) is 0 Å². The van der Waals surface area contributed by atoms with Crippen LogP contribution in [0.4, 0.5) is 0 Å². The van der Waals surface area contributed by atoms with Crippen molar-refractivity contribution >= 4 is 52.0 Å². The van der Waals surface area contributed by atoms with Crippen LogP contribution in [0.2, 0.25) is 0 Å². The van der Waals surface area contributed by atoms with Crippen LogP contribution in [0.15, 0.2) is 59.0 Å². The van der Waals surface area contributed by atoms with Crippen molar-refractivity contribution in [1.82, 2.24) is 15.2 Å². The third-order valence-electron chi connectivity index (χ3n) is 4.02. The van der Waals surface area contributed by atoms with Gasteiger partial charge in [-0.1, -0.05) is 30.3 Å². The van der Waals surface area contributed by atoms with Gasteiger partial charge in [0.15, 0.2) is 5.96 Å². The van der Waals surface area contributed by atoms with Crippen molar-refractivity contribution in [3.63, 3.8) is 0 Å². The molecule has 132 valence electrons. The van der Waals surface area contributed by atoms with E-state index in [1.165, 1.54) is 15.6 Å². The number of hydrogen-bond donors (Lipinski definition) is 1. The summed E-state index contributed by atoms with van der Waals surface area (Å²) in [6.45, 7) is 1.60. The Labute approximate surface area is 170 Å². The molecule has 0 aliphatic heterocycles. The zero-order valence-electron chi connectivity index (χ0n) is 14.5. The maximum Gasteiger partial charge on any atom is 0.193 e. The first-order chi connectivity index (χ1) is 11.8. The molecule has 0 amide bonds. The normalized spacial score (nSPS) is 11.2. The fourth-order valence-corrected chi connectivity index (χ4v) is 3.41. The average molecular weight is 466 g/mol. The predicted molar refractivity (Wildman–Crippen MR) is 118 cm³/mol. The van der Waals surface area contributed by atoms with Gasteiger partial charge in [0.2, 0.25) is 0 Å². The minimum Gasteiger partial charge on any atom is -0.351 e. The molecular formula is C19H23IN4S. The Morgan fingerprint density at radius 2 is 2.04 bits per heavy atom. The predicted octanol–water partition coefficient (Wildman–Crippen LogP) is 4.16. The van der Waals surface area contributed by atoms with Crippen LogP contribution in [0.3, 0.4) is 0 Å². The van der Waals surface area contributed by atoms with E-state index in [1.54, 1.807) is 11.3 Å². The average Bonchev–Trinajstić information content (AvgIpc) is 3.14. The summed E-state index contributed by atoms with van der Waals surface area (Å²) in [6.07, 6.45) is 2.89. The fraction of sp³-hybridized carbons (Fsp3) is 0.263. The molecule has 3 rings (SSSR count). The van der Waals surface area contributed by atoms with Crippen molar-refractivity contribution < 1.29 is 0 Å². The highest BCUT2D eigenvalue weighted by atomic mass is 127. The van der Waals surface area contributed by atoms with E-state index in [-0.39, 0.29) is 24.0 Å². The highest BCUT2D eigenvalue weighted by Crippen LogP contribution is 2.16. The first-order valence-corrected chi connectivity index (χ1v) is 8.92. The Balaban J connectivity index is 0.00000225. The van der Waals surface area contributed by atoms with E-state index in [0.717, 1.165) is 24.6 Å². The number of aromatic nitrogens is 1. The number of thiophene rings is 1. The van der Waals surface area contributed by atoms with Crippen LogP contribution in [0.1, 0.15) is 10.6 Å². The monoisotopic (exact) mass is 466 g/mol. The van der Waals surface area contributed by atoms with Gasteiger partial charge in [0.25, 0.3) is 0 Å². The molecule has 0 radical (unpaired) electrons. The Kier molecular flexibility index (Phi) is 7.64. The molecule has 2 aromatic heterocycles. The van der Waals surface area contributed by atoms with Gasteiger partial charge in [-0.3, -0.25) is 9.98 Å². The lowest BCUT2D eigenvalue weighted by Gasteiger charge is -2.22. The third-order valence-corrected chi connectivity index (χ3v) is 4.95. The fourth-order valence-electron chi connectivity index (χ4n) is 2.71. The molecule has 1 aromatic carbocycles. The zero-order chi connectivity index (χ0) is 16.8. The van der Waals surface area contributed by atoms with E-state index in [0.29, 0.717) is 6.54 Å². The number of guanidine groups is 1. The molecule has 3 aromatic rings. The second kappa shape index (κ2) is 9.72. The van der Waals surface area contributed by atoms with Gasteiger partial charge in [0.05, 0.1) is 12.2 Å². The van der Waals surface area contributed by atoms with E-state index < -0.39 is 0 Å². The van der Waals surface area contributed by atoms with Crippen LogP contribution in [0, 0.1) is 0 Å². The van der Waals surface area contributed by atoms with Gasteiger partial charge in [-0.15, -0.1) is 35.3 Å². The van der Waals surface area contributed by atoms with Crippen molar-refractivity contribution in [1.29, 1.82) is 0 Å². The van der Waals surface area contributed by atoms with Gasteiger partial charge in [0.1, 0.15) is 0 Å². The van der Waals surface area contributed by atoms with Gasteiger partial charge in [-0.25, -0.2) is 0 Å². The highest BCUT2D eigenvalue weighted by molar-refractivity contribution is 14.0. The number of benzene rings is 1. The summed E-state index contributed by atoms with van der Waals surface area (Å²) in [4.78, 5) is 12.5. The Morgan fingerprint density at radius 1 is 1.20 bits per heavy atom. The smallest absolute Gasteiger partial charge is 0.193 e. The minimum absolute atomic E-state index is 0. The molecule has 2 heterocycles. The summed E-state index contributed by atoms with van der Waals surface area (Å²) < 4.78 is 0. The number of nitrogens with one attached hydrogen (secondary N) is 1. The molecule has 0 saturated carbocycles. The molecule has 0 atom stereocenters. The maximum atomic E-state index is 4.52. The second-order valence-corrected chi connectivity index (χ2v) is 6.66. The Hall–Kier alpha value is -1.67. The lowest BCUT2D eigenvalue weighted by molar-refractivity contribution is 0.486. The topological polar surface area (TPSA) is 40.5 Å². The van der Waals surface area contributed by atoms with Gasteiger partial charge in [-0.2, -0.15) is 0 Å². The maximum absolute atomic E-state index is 4.52. The molecule has 0 fully saturated rings. The van der Waals surface area contributed by atoms with E-state index in [9.17, 15) is 0 Å². The minimum atomic E-state index is 0. The van der Waals surface area contributed by atoms with Gasteiger partial charge in [-0.05, 0) is 29.3 Å². The summed E-state index contributed by atoms with van der Waals surface area (Å²) in [7, 11) is 3.89. The third kappa shape index (κ3) is 5.15. The van der Waals surface area contributed by atoms with E-state index in [1.807, 2.05) is 19.3 Å². The van der Waals surface area contributed by atoms with Crippen LogP contribution < -0.4 is 5.32 Å². The van der Waals surface area contributed by atoms with Crippen LogP contribution in [-0.4, -0.2) is 36.5 Å². The van der Waals surface area contributed by atoms with Crippen LogP contribution in [0.5, 0.6) is 0 Å².